The van der Waals surface area contributed by atoms with E-state index in [1.807, 2.05) is 18.3 Å². The van der Waals surface area contributed by atoms with Gasteiger partial charge in [-0.15, -0.1) is 5.10 Å². The zero-order valence-corrected chi connectivity index (χ0v) is 15.3. The van der Waals surface area contributed by atoms with Crippen LogP contribution < -0.4 is 0 Å². The Morgan fingerprint density at radius 2 is 2.13 bits per heavy atom. The van der Waals surface area contributed by atoms with Crippen LogP contribution in [0.1, 0.15) is 0 Å². The molecule has 1 aromatic carbocycles. The summed E-state index contributed by atoms with van der Waals surface area (Å²) < 4.78 is 7.54. The number of aromatic amines is 1. The van der Waals surface area contributed by atoms with Crippen molar-refractivity contribution < 1.29 is 4.74 Å². The van der Waals surface area contributed by atoms with Gasteiger partial charge in [0.25, 0.3) is 0 Å². The van der Waals surface area contributed by atoms with Gasteiger partial charge >= 0.3 is 0 Å². The van der Waals surface area contributed by atoms with E-state index in [9.17, 15) is 0 Å². The summed E-state index contributed by atoms with van der Waals surface area (Å²) >= 11 is 6.27. The van der Waals surface area contributed by atoms with Crippen LogP contribution in [0.5, 0.6) is 0 Å². The Bertz CT molecular complexity index is 794. The first-order valence-corrected chi connectivity index (χ1v) is 11.6. The Morgan fingerprint density at radius 1 is 1.30 bits per heavy atom. The van der Waals surface area contributed by atoms with Gasteiger partial charge in [-0.2, -0.15) is 5.10 Å². The van der Waals surface area contributed by atoms with E-state index in [4.69, 9.17) is 16.3 Å². The molecule has 0 atom stereocenters. The van der Waals surface area contributed by atoms with Crippen molar-refractivity contribution in [3.05, 3.63) is 29.5 Å². The summed E-state index contributed by atoms with van der Waals surface area (Å²) in [6.07, 6.45) is 3.64. The summed E-state index contributed by atoms with van der Waals surface area (Å²) in [7, 11) is -1.08. The van der Waals surface area contributed by atoms with Gasteiger partial charge in [-0.05, 0) is 12.1 Å². The molecule has 0 aliphatic heterocycles. The van der Waals surface area contributed by atoms with Gasteiger partial charge in [-0.3, -0.25) is 5.10 Å². The lowest BCUT2D eigenvalue weighted by Gasteiger charge is -2.15. The number of nitrogens with zero attached hydrogens (tertiary/aromatic N) is 4. The SMILES string of the molecule is C[Si](C)(C)CCOCn1cc2c(-c3cnn[nH]3)ccc(Cl)c2n1. The highest BCUT2D eigenvalue weighted by Gasteiger charge is 2.14. The fraction of sp³-hybridized carbons (Fsp3) is 0.400. The van der Waals surface area contributed by atoms with Crippen LogP contribution in [0.2, 0.25) is 30.7 Å². The van der Waals surface area contributed by atoms with Gasteiger partial charge in [0.1, 0.15) is 12.2 Å². The number of halogens is 1. The quantitative estimate of drug-likeness (QED) is 0.543. The Labute approximate surface area is 140 Å². The van der Waals surface area contributed by atoms with Gasteiger partial charge in [0.15, 0.2) is 0 Å². The molecule has 2 aromatic heterocycles. The first-order chi connectivity index (χ1) is 10.9. The molecule has 8 heteroatoms. The third-order valence-corrected chi connectivity index (χ3v) is 5.61. The zero-order chi connectivity index (χ0) is 16.4. The maximum Gasteiger partial charge on any atom is 0.139 e. The van der Waals surface area contributed by atoms with Gasteiger partial charge in [0, 0.05) is 31.8 Å². The number of benzene rings is 1. The second-order valence-electron chi connectivity index (χ2n) is 6.74. The van der Waals surface area contributed by atoms with Gasteiger partial charge in [0.05, 0.1) is 16.9 Å². The van der Waals surface area contributed by atoms with Crippen molar-refractivity contribution >= 4 is 30.6 Å². The second-order valence-corrected chi connectivity index (χ2v) is 12.8. The normalized spacial score (nSPS) is 12.2. The van der Waals surface area contributed by atoms with Crippen LogP contribution in [0.15, 0.2) is 24.5 Å². The summed E-state index contributed by atoms with van der Waals surface area (Å²) in [5, 5.41) is 16.6. The van der Waals surface area contributed by atoms with Crippen LogP contribution in [-0.2, 0) is 11.5 Å². The molecule has 1 N–H and O–H groups in total. The summed E-state index contributed by atoms with van der Waals surface area (Å²) in [6.45, 7) is 8.20. The molecule has 3 rings (SSSR count). The smallest absolute Gasteiger partial charge is 0.139 e. The van der Waals surface area contributed by atoms with Crippen LogP contribution in [0.4, 0.5) is 0 Å². The molecule has 0 saturated heterocycles. The minimum absolute atomic E-state index is 0.427. The molecule has 0 fully saturated rings. The van der Waals surface area contributed by atoms with Crippen LogP contribution in [0, 0.1) is 0 Å². The number of hydrogen-bond donors (Lipinski definition) is 1. The third-order valence-electron chi connectivity index (χ3n) is 3.60. The molecule has 0 unspecified atom stereocenters. The molecule has 23 heavy (non-hydrogen) atoms. The van der Waals surface area contributed by atoms with Crippen molar-refractivity contribution in [1.29, 1.82) is 0 Å². The number of fused-ring (bicyclic) bond motifs is 1. The molecule has 0 amide bonds. The Morgan fingerprint density at radius 3 is 2.83 bits per heavy atom. The van der Waals surface area contributed by atoms with Crippen molar-refractivity contribution in [2.24, 2.45) is 0 Å². The molecule has 3 aromatic rings. The van der Waals surface area contributed by atoms with Crippen LogP contribution in [-0.4, -0.2) is 39.9 Å². The van der Waals surface area contributed by atoms with Crippen molar-refractivity contribution in [2.75, 3.05) is 6.61 Å². The van der Waals surface area contributed by atoms with Crippen LogP contribution >= 0.6 is 11.6 Å². The summed E-state index contributed by atoms with van der Waals surface area (Å²) in [5.41, 5.74) is 2.57. The highest BCUT2D eigenvalue weighted by atomic mass is 35.5. The summed E-state index contributed by atoms with van der Waals surface area (Å²) in [5.74, 6) is 0. The van der Waals surface area contributed by atoms with Gasteiger partial charge in [0.2, 0.25) is 0 Å². The predicted octanol–water partition coefficient (Wildman–Crippen LogP) is 3.79. The highest BCUT2D eigenvalue weighted by Crippen LogP contribution is 2.31. The summed E-state index contributed by atoms with van der Waals surface area (Å²) in [4.78, 5) is 0. The standard InChI is InChI=1S/C15H20ClN5OSi/c1-23(2,3)7-6-22-10-21-9-12-11(14-8-17-20-18-14)4-5-13(16)15(12)19-21/h4-5,8-9H,6-7,10H2,1-3H3,(H,17,18,20). The van der Waals surface area contributed by atoms with Crippen molar-refractivity contribution in [1.82, 2.24) is 25.2 Å². The van der Waals surface area contributed by atoms with Gasteiger partial charge in [-0.1, -0.05) is 42.5 Å². The van der Waals surface area contributed by atoms with Crippen LogP contribution in [0.25, 0.3) is 22.2 Å². The lowest BCUT2D eigenvalue weighted by Crippen LogP contribution is -2.22. The number of nitrogens with one attached hydrogen (secondary N) is 1. The number of hydrogen-bond acceptors (Lipinski definition) is 4. The number of rotatable bonds is 6. The number of ether oxygens (including phenoxy) is 1. The van der Waals surface area contributed by atoms with Crippen LogP contribution in [0.3, 0.4) is 0 Å². The summed E-state index contributed by atoms with van der Waals surface area (Å²) in [6, 6.07) is 4.92. The molecule has 0 aliphatic carbocycles. The highest BCUT2D eigenvalue weighted by molar-refractivity contribution is 6.76. The topological polar surface area (TPSA) is 68.6 Å². The predicted molar refractivity (Wildman–Crippen MR) is 94.2 cm³/mol. The average Bonchev–Trinajstić information content (AvgIpc) is 3.12. The van der Waals surface area contributed by atoms with Gasteiger partial charge in [-0.25, -0.2) is 4.68 Å². The average molecular weight is 350 g/mol. The monoisotopic (exact) mass is 349 g/mol. The van der Waals surface area contributed by atoms with E-state index in [0.717, 1.165) is 34.8 Å². The van der Waals surface area contributed by atoms with E-state index < -0.39 is 8.07 Å². The van der Waals surface area contributed by atoms with Crippen molar-refractivity contribution in [3.63, 3.8) is 0 Å². The lowest BCUT2D eigenvalue weighted by molar-refractivity contribution is 0.0791. The molecule has 2 heterocycles. The number of H-pyrrole nitrogens is 1. The molecule has 0 aliphatic rings. The van der Waals surface area contributed by atoms with E-state index in [1.54, 1.807) is 10.9 Å². The molecular formula is C15H20ClN5OSi. The first kappa shape index (κ1) is 16.2. The minimum Gasteiger partial charge on any atom is -0.360 e. The molecule has 0 bridgehead atoms. The van der Waals surface area contributed by atoms with E-state index in [2.05, 4.69) is 40.2 Å². The molecule has 0 radical (unpaired) electrons. The number of aromatic nitrogens is 5. The lowest BCUT2D eigenvalue weighted by atomic mass is 10.1. The maximum absolute atomic E-state index is 6.27. The zero-order valence-electron chi connectivity index (χ0n) is 13.5. The Hall–Kier alpha value is -1.70. The fourth-order valence-electron chi connectivity index (χ4n) is 2.29. The van der Waals surface area contributed by atoms with Gasteiger partial charge < -0.3 is 4.74 Å². The first-order valence-electron chi connectivity index (χ1n) is 7.54. The second kappa shape index (κ2) is 6.43. The largest absolute Gasteiger partial charge is 0.360 e. The van der Waals surface area contributed by atoms with Crippen molar-refractivity contribution in [3.8, 4) is 11.3 Å². The third kappa shape index (κ3) is 3.80. The Kier molecular flexibility index (Phi) is 4.52. The maximum atomic E-state index is 6.27. The molecule has 0 spiro atoms. The van der Waals surface area contributed by atoms with E-state index in [-0.39, 0.29) is 0 Å². The Balaban J connectivity index is 1.81. The van der Waals surface area contributed by atoms with Crippen molar-refractivity contribution in [2.45, 2.75) is 32.4 Å². The van der Waals surface area contributed by atoms with E-state index in [1.165, 1.54) is 0 Å². The fourth-order valence-corrected chi connectivity index (χ4v) is 3.24. The van der Waals surface area contributed by atoms with E-state index >= 15 is 0 Å². The minimum atomic E-state index is -1.08. The molecule has 122 valence electrons. The molecule has 6 nitrogen and oxygen atoms in total. The van der Waals surface area contributed by atoms with E-state index in [0.29, 0.717) is 11.8 Å². The molecular weight excluding hydrogens is 330 g/mol. The molecule has 0 saturated carbocycles.